The number of nitrogens with one attached hydrogen (secondary N) is 2. The van der Waals surface area contributed by atoms with Crippen molar-refractivity contribution in [3.63, 3.8) is 0 Å². The molecule has 0 saturated carbocycles. The van der Waals surface area contributed by atoms with E-state index >= 15 is 0 Å². The lowest BCUT2D eigenvalue weighted by Crippen LogP contribution is -2.50. The van der Waals surface area contributed by atoms with Crippen LogP contribution in [0, 0.1) is 0 Å². The number of rotatable bonds is 4. The Labute approximate surface area is 89.9 Å². The molecule has 0 aromatic heterocycles. The van der Waals surface area contributed by atoms with Gasteiger partial charge in [-0.15, -0.1) is 0 Å². The van der Waals surface area contributed by atoms with Crippen LogP contribution in [0.4, 0.5) is 10.5 Å². The summed E-state index contributed by atoms with van der Waals surface area (Å²) in [7, 11) is 0. The molecule has 0 aliphatic rings. The lowest BCUT2D eigenvalue weighted by Gasteiger charge is -2.25. The van der Waals surface area contributed by atoms with Gasteiger partial charge in [-0.25, -0.2) is 4.79 Å². The molecular weight excluding hydrogens is 190 g/mol. The highest BCUT2D eigenvalue weighted by Crippen LogP contribution is 2.08. The first-order chi connectivity index (χ1) is 6.99. The molecule has 0 unspecified atom stereocenters. The van der Waals surface area contributed by atoms with E-state index < -0.39 is 6.03 Å². The standard InChI is InChI=1S/C11H17N3O/c1-11(2,14-10(12)15)8-13-9-6-4-3-5-7-9/h3-7,13H,8H2,1-2H3,(H3,12,14,15). The van der Waals surface area contributed by atoms with Gasteiger partial charge in [0, 0.05) is 12.2 Å². The molecule has 1 aromatic carbocycles. The van der Waals surface area contributed by atoms with Gasteiger partial charge >= 0.3 is 6.03 Å². The molecule has 0 radical (unpaired) electrons. The van der Waals surface area contributed by atoms with Crippen molar-refractivity contribution in [1.29, 1.82) is 0 Å². The summed E-state index contributed by atoms with van der Waals surface area (Å²) in [6.45, 7) is 4.45. The minimum absolute atomic E-state index is 0.359. The number of nitrogens with two attached hydrogens (primary N) is 1. The van der Waals surface area contributed by atoms with Crippen LogP contribution in [-0.2, 0) is 0 Å². The molecule has 1 rings (SSSR count). The van der Waals surface area contributed by atoms with E-state index in [1.165, 1.54) is 0 Å². The van der Waals surface area contributed by atoms with Gasteiger partial charge in [-0.05, 0) is 26.0 Å². The second-order valence-corrected chi connectivity index (χ2v) is 4.09. The molecule has 0 bridgehead atoms. The average Bonchev–Trinajstić information content (AvgIpc) is 2.15. The van der Waals surface area contributed by atoms with Crippen LogP contribution >= 0.6 is 0 Å². The van der Waals surface area contributed by atoms with Crippen LogP contribution in [0.5, 0.6) is 0 Å². The number of benzene rings is 1. The third-order valence-corrected chi connectivity index (χ3v) is 1.97. The van der Waals surface area contributed by atoms with E-state index in [2.05, 4.69) is 10.6 Å². The van der Waals surface area contributed by atoms with Gasteiger partial charge in [-0.2, -0.15) is 0 Å². The molecule has 0 atom stereocenters. The molecule has 0 fully saturated rings. The van der Waals surface area contributed by atoms with Crippen LogP contribution in [0.3, 0.4) is 0 Å². The second kappa shape index (κ2) is 4.68. The highest BCUT2D eigenvalue weighted by molar-refractivity contribution is 5.72. The Balaban J connectivity index is 2.46. The molecule has 4 nitrogen and oxygen atoms in total. The van der Waals surface area contributed by atoms with Gasteiger partial charge in [-0.3, -0.25) is 0 Å². The van der Waals surface area contributed by atoms with Crippen LogP contribution in [0.15, 0.2) is 30.3 Å². The monoisotopic (exact) mass is 207 g/mol. The Morgan fingerprint density at radius 3 is 2.47 bits per heavy atom. The maximum atomic E-state index is 10.7. The van der Waals surface area contributed by atoms with E-state index in [9.17, 15) is 4.79 Å². The number of hydrogen-bond donors (Lipinski definition) is 3. The van der Waals surface area contributed by atoms with Crippen molar-refractivity contribution in [3.05, 3.63) is 30.3 Å². The Morgan fingerprint density at radius 2 is 1.93 bits per heavy atom. The summed E-state index contributed by atoms with van der Waals surface area (Å²) >= 11 is 0. The first kappa shape index (κ1) is 11.4. The van der Waals surface area contributed by atoms with E-state index in [-0.39, 0.29) is 5.54 Å². The summed E-state index contributed by atoms with van der Waals surface area (Å²) in [4.78, 5) is 10.7. The number of primary amides is 1. The van der Waals surface area contributed by atoms with E-state index in [1.54, 1.807) is 0 Å². The molecule has 4 heteroatoms. The SMILES string of the molecule is CC(C)(CNc1ccccc1)NC(N)=O. The fourth-order valence-electron chi connectivity index (χ4n) is 1.26. The van der Waals surface area contributed by atoms with Gasteiger partial charge in [0.1, 0.15) is 0 Å². The molecular formula is C11H17N3O. The van der Waals surface area contributed by atoms with Crippen LogP contribution in [0.2, 0.25) is 0 Å². The van der Waals surface area contributed by atoms with Crippen molar-refractivity contribution >= 4 is 11.7 Å². The highest BCUT2D eigenvalue weighted by Gasteiger charge is 2.18. The Morgan fingerprint density at radius 1 is 1.33 bits per heavy atom. The number of para-hydroxylation sites is 1. The van der Waals surface area contributed by atoms with Crippen molar-refractivity contribution < 1.29 is 4.79 Å². The van der Waals surface area contributed by atoms with Gasteiger partial charge in [-0.1, -0.05) is 18.2 Å². The zero-order valence-electron chi connectivity index (χ0n) is 9.08. The first-order valence-electron chi connectivity index (χ1n) is 4.86. The van der Waals surface area contributed by atoms with Crippen molar-refractivity contribution in [2.75, 3.05) is 11.9 Å². The van der Waals surface area contributed by atoms with E-state index in [0.717, 1.165) is 5.69 Å². The van der Waals surface area contributed by atoms with Gasteiger partial charge in [0.05, 0.1) is 5.54 Å². The molecule has 0 spiro atoms. The molecule has 0 heterocycles. The normalized spacial score (nSPS) is 10.8. The van der Waals surface area contributed by atoms with Crippen LogP contribution in [0.1, 0.15) is 13.8 Å². The summed E-state index contributed by atoms with van der Waals surface area (Å²) in [5, 5.41) is 5.89. The zero-order valence-corrected chi connectivity index (χ0v) is 9.08. The Bertz CT molecular complexity index is 322. The maximum absolute atomic E-state index is 10.7. The van der Waals surface area contributed by atoms with Gasteiger partial charge in [0.2, 0.25) is 0 Å². The Hall–Kier alpha value is -1.71. The second-order valence-electron chi connectivity index (χ2n) is 4.09. The molecule has 0 aliphatic carbocycles. The van der Waals surface area contributed by atoms with E-state index in [4.69, 9.17) is 5.73 Å². The third-order valence-electron chi connectivity index (χ3n) is 1.97. The molecule has 82 valence electrons. The lowest BCUT2D eigenvalue weighted by atomic mass is 10.1. The fraction of sp³-hybridized carbons (Fsp3) is 0.364. The largest absolute Gasteiger partial charge is 0.383 e. The zero-order chi connectivity index (χ0) is 11.3. The summed E-state index contributed by atoms with van der Waals surface area (Å²) in [5.41, 5.74) is 5.74. The van der Waals surface area contributed by atoms with Crippen LogP contribution in [-0.4, -0.2) is 18.1 Å². The minimum Gasteiger partial charge on any atom is -0.383 e. The molecule has 2 amide bonds. The number of carbonyl (C=O) groups excluding carboxylic acids is 1. The van der Waals surface area contributed by atoms with E-state index in [0.29, 0.717) is 6.54 Å². The topological polar surface area (TPSA) is 67.2 Å². The summed E-state index contributed by atoms with van der Waals surface area (Å²) in [5.74, 6) is 0. The number of carbonyl (C=O) groups is 1. The quantitative estimate of drug-likeness (QED) is 0.701. The summed E-state index contributed by atoms with van der Waals surface area (Å²) in [6, 6.07) is 9.31. The predicted octanol–water partition coefficient (Wildman–Crippen LogP) is 1.55. The smallest absolute Gasteiger partial charge is 0.312 e. The van der Waals surface area contributed by atoms with Crippen LogP contribution in [0.25, 0.3) is 0 Å². The molecule has 15 heavy (non-hydrogen) atoms. The highest BCUT2D eigenvalue weighted by atomic mass is 16.2. The summed E-state index contributed by atoms with van der Waals surface area (Å²) < 4.78 is 0. The molecule has 0 saturated heterocycles. The average molecular weight is 207 g/mol. The van der Waals surface area contributed by atoms with Gasteiger partial charge in [0.25, 0.3) is 0 Å². The van der Waals surface area contributed by atoms with Crippen molar-refractivity contribution in [2.24, 2.45) is 5.73 Å². The van der Waals surface area contributed by atoms with Gasteiger partial charge < -0.3 is 16.4 Å². The number of hydrogen-bond acceptors (Lipinski definition) is 2. The third kappa shape index (κ3) is 4.35. The van der Waals surface area contributed by atoms with Crippen molar-refractivity contribution in [2.45, 2.75) is 19.4 Å². The first-order valence-corrected chi connectivity index (χ1v) is 4.86. The molecule has 1 aromatic rings. The minimum atomic E-state index is -0.505. The maximum Gasteiger partial charge on any atom is 0.312 e. The molecule has 0 aliphatic heterocycles. The molecule has 4 N–H and O–H groups in total. The number of amides is 2. The number of anilines is 1. The Kier molecular flexibility index (Phi) is 3.55. The fourth-order valence-corrected chi connectivity index (χ4v) is 1.26. The lowest BCUT2D eigenvalue weighted by molar-refractivity contribution is 0.239. The predicted molar refractivity (Wildman–Crippen MR) is 61.7 cm³/mol. The number of urea groups is 1. The van der Waals surface area contributed by atoms with Crippen molar-refractivity contribution in [1.82, 2.24) is 5.32 Å². The van der Waals surface area contributed by atoms with E-state index in [1.807, 2.05) is 44.2 Å². The van der Waals surface area contributed by atoms with Gasteiger partial charge in [0.15, 0.2) is 0 Å². The summed E-state index contributed by atoms with van der Waals surface area (Å²) in [6.07, 6.45) is 0. The van der Waals surface area contributed by atoms with Crippen molar-refractivity contribution in [3.8, 4) is 0 Å². The van der Waals surface area contributed by atoms with Crippen LogP contribution < -0.4 is 16.4 Å².